The number of para-hydroxylation sites is 1. The molecule has 0 spiro atoms. The van der Waals surface area contributed by atoms with E-state index in [2.05, 4.69) is 5.32 Å². The lowest BCUT2D eigenvalue weighted by molar-refractivity contribution is -0.154. The summed E-state index contributed by atoms with van der Waals surface area (Å²) in [7, 11) is 3.10. The first kappa shape index (κ1) is 21.6. The Morgan fingerprint density at radius 1 is 1.04 bits per heavy atom. The van der Waals surface area contributed by atoms with Crippen molar-refractivity contribution in [3.8, 4) is 11.5 Å². The molecule has 0 aliphatic carbocycles. The molecule has 0 aromatic heterocycles. The number of halogens is 1. The number of ether oxygens (including phenoxy) is 3. The van der Waals surface area contributed by atoms with Crippen molar-refractivity contribution in [2.75, 3.05) is 14.2 Å². The molecule has 2 aromatic carbocycles. The van der Waals surface area contributed by atoms with Crippen molar-refractivity contribution >= 4 is 23.5 Å². The zero-order chi connectivity index (χ0) is 20.5. The summed E-state index contributed by atoms with van der Waals surface area (Å²) in [6.45, 7) is 1.80. The molecule has 2 rings (SSSR count). The van der Waals surface area contributed by atoms with Gasteiger partial charge in [0.2, 0.25) is 0 Å². The minimum atomic E-state index is -0.901. The molecule has 150 valence electrons. The van der Waals surface area contributed by atoms with Crippen molar-refractivity contribution in [1.29, 1.82) is 0 Å². The van der Waals surface area contributed by atoms with Gasteiger partial charge in [-0.05, 0) is 36.6 Å². The van der Waals surface area contributed by atoms with Crippen LogP contribution in [0.2, 0.25) is 5.02 Å². The smallest absolute Gasteiger partial charge is 0.306 e. The highest BCUT2D eigenvalue weighted by Gasteiger charge is 2.18. The standard InChI is InChI=1S/C21H24ClNO5/c1-14(21(25)23-13-16-7-4-5-9-17(16)22)28-19(24)12-11-15-8-6-10-18(26-2)20(15)27-3/h4-10,14H,11-13H2,1-3H3,(H,23,25)/t14-/m1/s1. The van der Waals surface area contributed by atoms with Gasteiger partial charge in [-0.2, -0.15) is 0 Å². The van der Waals surface area contributed by atoms with Gasteiger partial charge in [-0.15, -0.1) is 0 Å². The number of hydrogen-bond donors (Lipinski definition) is 1. The molecule has 0 unspecified atom stereocenters. The molecule has 0 radical (unpaired) electrons. The van der Waals surface area contributed by atoms with Gasteiger partial charge in [0, 0.05) is 18.0 Å². The Kier molecular flexibility index (Phi) is 8.14. The summed E-state index contributed by atoms with van der Waals surface area (Å²) in [5.74, 6) is 0.335. The second kappa shape index (κ2) is 10.6. The van der Waals surface area contributed by atoms with E-state index in [9.17, 15) is 9.59 Å². The van der Waals surface area contributed by atoms with Crippen LogP contribution in [0.1, 0.15) is 24.5 Å². The van der Waals surface area contributed by atoms with Crippen LogP contribution in [0.15, 0.2) is 42.5 Å². The van der Waals surface area contributed by atoms with Crippen LogP contribution in [0.25, 0.3) is 0 Å². The molecule has 0 aliphatic heterocycles. The number of benzene rings is 2. The van der Waals surface area contributed by atoms with E-state index >= 15 is 0 Å². The number of methoxy groups -OCH3 is 2. The number of rotatable bonds is 9. The molecule has 1 amide bonds. The second-order valence-electron chi connectivity index (χ2n) is 6.09. The fourth-order valence-corrected chi connectivity index (χ4v) is 2.87. The average Bonchev–Trinajstić information content (AvgIpc) is 2.70. The normalized spacial score (nSPS) is 11.4. The minimum Gasteiger partial charge on any atom is -0.493 e. The predicted octanol–water partition coefficient (Wildman–Crippen LogP) is 3.54. The van der Waals surface area contributed by atoms with Crippen LogP contribution in [-0.4, -0.2) is 32.2 Å². The van der Waals surface area contributed by atoms with Crippen molar-refractivity contribution in [3.05, 3.63) is 58.6 Å². The van der Waals surface area contributed by atoms with Crippen LogP contribution in [0.3, 0.4) is 0 Å². The van der Waals surface area contributed by atoms with Gasteiger partial charge < -0.3 is 19.5 Å². The van der Waals surface area contributed by atoms with Crippen molar-refractivity contribution in [2.24, 2.45) is 0 Å². The summed E-state index contributed by atoms with van der Waals surface area (Å²) in [5, 5.41) is 3.28. The molecule has 6 nitrogen and oxygen atoms in total. The first-order valence-electron chi connectivity index (χ1n) is 8.86. The van der Waals surface area contributed by atoms with Crippen LogP contribution >= 0.6 is 11.6 Å². The lowest BCUT2D eigenvalue weighted by atomic mass is 10.1. The summed E-state index contributed by atoms with van der Waals surface area (Å²) in [4.78, 5) is 24.3. The maximum Gasteiger partial charge on any atom is 0.306 e. The minimum absolute atomic E-state index is 0.117. The fraction of sp³-hybridized carbons (Fsp3) is 0.333. The highest BCUT2D eigenvalue weighted by Crippen LogP contribution is 2.31. The highest BCUT2D eigenvalue weighted by molar-refractivity contribution is 6.31. The fourth-order valence-electron chi connectivity index (χ4n) is 2.66. The first-order valence-corrected chi connectivity index (χ1v) is 9.24. The Morgan fingerprint density at radius 2 is 1.75 bits per heavy atom. The van der Waals surface area contributed by atoms with Crippen molar-refractivity contribution < 1.29 is 23.8 Å². The summed E-state index contributed by atoms with van der Waals surface area (Å²) < 4.78 is 15.8. The van der Waals surface area contributed by atoms with Crippen molar-refractivity contribution in [2.45, 2.75) is 32.4 Å². The Labute approximate surface area is 169 Å². The van der Waals surface area contributed by atoms with Crippen LogP contribution in [0, 0.1) is 0 Å². The molecule has 1 atom stereocenters. The molecule has 0 saturated heterocycles. The van der Waals surface area contributed by atoms with Gasteiger partial charge in [-0.3, -0.25) is 9.59 Å². The number of amides is 1. The number of nitrogens with one attached hydrogen (secondary N) is 1. The molecule has 1 N–H and O–H groups in total. The predicted molar refractivity (Wildman–Crippen MR) is 107 cm³/mol. The van der Waals surface area contributed by atoms with E-state index in [-0.39, 0.29) is 18.9 Å². The van der Waals surface area contributed by atoms with Crippen molar-refractivity contribution in [1.82, 2.24) is 5.32 Å². The van der Waals surface area contributed by atoms with Crippen LogP contribution < -0.4 is 14.8 Å². The first-order chi connectivity index (χ1) is 13.5. The van der Waals surface area contributed by atoms with Crippen LogP contribution in [0.4, 0.5) is 0 Å². The number of aryl methyl sites for hydroxylation is 1. The van der Waals surface area contributed by atoms with Crippen molar-refractivity contribution in [3.63, 3.8) is 0 Å². The lowest BCUT2D eigenvalue weighted by Crippen LogP contribution is -2.35. The molecule has 0 aliphatic rings. The zero-order valence-electron chi connectivity index (χ0n) is 16.2. The second-order valence-corrected chi connectivity index (χ2v) is 6.50. The third-order valence-electron chi connectivity index (χ3n) is 4.17. The van der Waals surface area contributed by atoms with E-state index in [1.807, 2.05) is 30.3 Å². The largest absolute Gasteiger partial charge is 0.493 e. The van der Waals surface area contributed by atoms with Gasteiger partial charge in [0.1, 0.15) is 0 Å². The van der Waals surface area contributed by atoms with E-state index in [0.717, 1.165) is 11.1 Å². The number of carbonyl (C=O) groups is 2. The number of carbonyl (C=O) groups excluding carboxylic acids is 2. The SMILES string of the molecule is COc1cccc(CCC(=O)O[C@H](C)C(=O)NCc2ccccc2Cl)c1OC. The summed E-state index contributed by atoms with van der Waals surface area (Å²) in [6.07, 6.45) is -0.374. The number of hydrogen-bond acceptors (Lipinski definition) is 5. The summed E-state index contributed by atoms with van der Waals surface area (Å²) >= 11 is 6.06. The van der Waals surface area contributed by atoms with E-state index in [0.29, 0.717) is 22.9 Å². The van der Waals surface area contributed by atoms with Gasteiger partial charge in [0.25, 0.3) is 5.91 Å². The maximum atomic E-state index is 12.2. The monoisotopic (exact) mass is 405 g/mol. The Hall–Kier alpha value is -2.73. The molecule has 28 heavy (non-hydrogen) atoms. The highest BCUT2D eigenvalue weighted by atomic mass is 35.5. The van der Waals surface area contributed by atoms with E-state index in [1.54, 1.807) is 26.4 Å². The van der Waals surface area contributed by atoms with E-state index in [1.165, 1.54) is 6.92 Å². The summed E-state index contributed by atoms with van der Waals surface area (Å²) in [6, 6.07) is 12.7. The molecule has 2 aromatic rings. The van der Waals surface area contributed by atoms with Gasteiger partial charge in [-0.25, -0.2) is 0 Å². The van der Waals surface area contributed by atoms with E-state index < -0.39 is 12.1 Å². The van der Waals surface area contributed by atoms with Gasteiger partial charge in [0.15, 0.2) is 17.6 Å². The molecular formula is C21H24ClNO5. The molecule has 0 saturated carbocycles. The Balaban J connectivity index is 1.84. The molecular weight excluding hydrogens is 382 g/mol. The number of esters is 1. The zero-order valence-corrected chi connectivity index (χ0v) is 16.9. The maximum absolute atomic E-state index is 12.2. The molecule has 7 heteroatoms. The van der Waals surface area contributed by atoms with Crippen LogP contribution in [-0.2, 0) is 27.3 Å². The van der Waals surface area contributed by atoms with Gasteiger partial charge in [0.05, 0.1) is 14.2 Å². The van der Waals surface area contributed by atoms with Gasteiger partial charge >= 0.3 is 5.97 Å². The quantitative estimate of drug-likeness (QED) is 0.646. The molecule has 0 bridgehead atoms. The Morgan fingerprint density at radius 3 is 2.43 bits per heavy atom. The van der Waals surface area contributed by atoms with Gasteiger partial charge in [-0.1, -0.05) is 41.9 Å². The third kappa shape index (κ3) is 5.89. The summed E-state index contributed by atoms with van der Waals surface area (Å²) in [5.41, 5.74) is 1.62. The Bertz CT molecular complexity index is 824. The van der Waals surface area contributed by atoms with E-state index in [4.69, 9.17) is 25.8 Å². The topological polar surface area (TPSA) is 73.9 Å². The average molecular weight is 406 g/mol. The molecule has 0 heterocycles. The molecule has 0 fully saturated rings. The third-order valence-corrected chi connectivity index (χ3v) is 4.54. The van der Waals surface area contributed by atoms with Crippen LogP contribution in [0.5, 0.6) is 11.5 Å². The lowest BCUT2D eigenvalue weighted by Gasteiger charge is -2.15.